The van der Waals surface area contributed by atoms with E-state index in [0.717, 1.165) is 22.7 Å². The number of ether oxygens (including phenoxy) is 1. The molecule has 0 aliphatic carbocycles. The van der Waals surface area contributed by atoms with Gasteiger partial charge in [0, 0.05) is 0 Å². The number of hydrogen-bond donors (Lipinski definition) is 0. The summed E-state index contributed by atoms with van der Waals surface area (Å²) in [5, 5.41) is 9.82. The molecule has 0 bridgehead atoms. The van der Waals surface area contributed by atoms with Crippen LogP contribution in [0.1, 0.15) is 46.1 Å². The van der Waals surface area contributed by atoms with Crippen LogP contribution in [-0.4, -0.2) is 22.7 Å². The fourth-order valence-corrected chi connectivity index (χ4v) is 4.50. The molecule has 0 spiro atoms. The van der Waals surface area contributed by atoms with Gasteiger partial charge in [-0.25, -0.2) is 0 Å². The molecular formula is C23H19N3O4S. The molecule has 0 radical (unpaired) electrons. The first-order chi connectivity index (χ1) is 15.1. The second-order valence-corrected chi connectivity index (χ2v) is 8.43. The molecule has 1 amide bonds. The third-order valence-corrected chi connectivity index (χ3v) is 6.01. The van der Waals surface area contributed by atoms with Gasteiger partial charge in [0.05, 0.1) is 23.6 Å². The fraction of sp³-hybridized carbons (Fsp3) is 0.217. The Hall–Kier alpha value is -3.52. The first kappa shape index (κ1) is 19.4. The highest BCUT2D eigenvalue weighted by Gasteiger charge is 2.45. The molecule has 3 heterocycles. The van der Waals surface area contributed by atoms with Gasteiger partial charge in [0.15, 0.2) is 5.43 Å². The number of aromatic nitrogens is 2. The van der Waals surface area contributed by atoms with Crippen molar-refractivity contribution in [3.05, 3.63) is 80.6 Å². The summed E-state index contributed by atoms with van der Waals surface area (Å²) in [6, 6.07) is 13.7. The minimum atomic E-state index is -0.657. The zero-order valence-corrected chi connectivity index (χ0v) is 17.8. The number of nitrogens with zero attached hydrogens (tertiary/aromatic N) is 3. The van der Waals surface area contributed by atoms with Crippen molar-refractivity contribution in [2.45, 2.75) is 26.3 Å². The van der Waals surface area contributed by atoms with Crippen LogP contribution in [-0.2, 0) is 0 Å². The van der Waals surface area contributed by atoms with E-state index in [4.69, 9.17) is 9.15 Å². The van der Waals surface area contributed by atoms with Gasteiger partial charge >= 0.3 is 0 Å². The van der Waals surface area contributed by atoms with Crippen LogP contribution in [0.15, 0.2) is 57.7 Å². The first-order valence-corrected chi connectivity index (χ1v) is 10.8. The van der Waals surface area contributed by atoms with Crippen LogP contribution in [0.2, 0.25) is 0 Å². The van der Waals surface area contributed by atoms with E-state index in [1.54, 1.807) is 24.3 Å². The lowest BCUT2D eigenvalue weighted by Gasteiger charge is -2.22. The second-order valence-electron chi connectivity index (χ2n) is 7.27. The average Bonchev–Trinajstić information content (AvgIpc) is 3.34. The first-order valence-electron chi connectivity index (χ1n) is 10.0. The summed E-state index contributed by atoms with van der Waals surface area (Å²) in [4.78, 5) is 28.3. The van der Waals surface area contributed by atoms with E-state index >= 15 is 0 Å². The summed E-state index contributed by atoms with van der Waals surface area (Å²) in [6.45, 7) is 4.48. The number of aryl methyl sites for hydroxylation is 1. The summed E-state index contributed by atoms with van der Waals surface area (Å²) >= 11 is 1.30. The third-order valence-electron chi connectivity index (χ3n) is 5.17. The van der Waals surface area contributed by atoms with Crippen molar-refractivity contribution in [2.75, 3.05) is 11.5 Å². The third kappa shape index (κ3) is 3.19. The summed E-state index contributed by atoms with van der Waals surface area (Å²) in [7, 11) is 0. The number of para-hydroxylation sites is 1. The Balaban J connectivity index is 1.70. The van der Waals surface area contributed by atoms with Crippen molar-refractivity contribution in [1.82, 2.24) is 10.2 Å². The molecule has 0 fully saturated rings. The molecule has 0 unspecified atom stereocenters. The summed E-state index contributed by atoms with van der Waals surface area (Å²) in [6.07, 6.45) is 0.907. The number of anilines is 1. The lowest BCUT2D eigenvalue weighted by atomic mass is 9.98. The van der Waals surface area contributed by atoms with Gasteiger partial charge in [-0.15, -0.1) is 10.2 Å². The number of hydrogen-bond acceptors (Lipinski definition) is 7. The smallest absolute Gasteiger partial charge is 0.297 e. The molecule has 4 aromatic rings. The largest absolute Gasteiger partial charge is 0.494 e. The Bertz CT molecular complexity index is 1340. The molecule has 2 aromatic carbocycles. The Labute approximate surface area is 181 Å². The van der Waals surface area contributed by atoms with E-state index < -0.39 is 11.9 Å². The van der Waals surface area contributed by atoms with Crippen molar-refractivity contribution in [2.24, 2.45) is 0 Å². The van der Waals surface area contributed by atoms with Crippen LogP contribution >= 0.6 is 11.3 Å². The van der Waals surface area contributed by atoms with Gasteiger partial charge in [-0.1, -0.05) is 42.5 Å². The normalized spacial score (nSPS) is 15.5. The number of rotatable bonds is 5. The predicted molar refractivity (Wildman–Crippen MR) is 118 cm³/mol. The Kier molecular flexibility index (Phi) is 4.78. The standard InChI is InChI=1S/C23H19N3O4S/c1-3-12-29-15-10-8-14(9-11-15)19-18-20(27)16-6-4-5-7-17(16)30-21(18)22(28)26(19)23-25-24-13(2)31-23/h4-11,19H,3,12H2,1-2H3/t19-/m0/s1. The number of amides is 1. The van der Waals surface area contributed by atoms with Gasteiger partial charge in [-0.2, -0.15) is 0 Å². The Morgan fingerprint density at radius 1 is 1.10 bits per heavy atom. The summed E-state index contributed by atoms with van der Waals surface area (Å²) < 4.78 is 11.6. The van der Waals surface area contributed by atoms with Crippen LogP contribution in [0.5, 0.6) is 5.75 Å². The van der Waals surface area contributed by atoms with Crippen LogP contribution in [0.3, 0.4) is 0 Å². The van der Waals surface area contributed by atoms with Gasteiger partial charge in [-0.3, -0.25) is 14.5 Å². The molecule has 156 valence electrons. The van der Waals surface area contributed by atoms with Gasteiger partial charge in [-0.05, 0) is 43.2 Å². The molecule has 0 saturated heterocycles. The highest BCUT2D eigenvalue weighted by molar-refractivity contribution is 7.15. The molecular weight excluding hydrogens is 414 g/mol. The molecule has 8 heteroatoms. The molecule has 1 atom stereocenters. The SMILES string of the molecule is CCCOc1ccc([C@H]2c3c(oc4ccccc4c3=O)C(=O)N2c2nnc(C)s2)cc1. The van der Waals surface area contributed by atoms with Gasteiger partial charge in [0.25, 0.3) is 5.91 Å². The molecule has 31 heavy (non-hydrogen) atoms. The quantitative estimate of drug-likeness (QED) is 0.461. The molecule has 7 nitrogen and oxygen atoms in total. The average molecular weight is 433 g/mol. The second kappa shape index (κ2) is 7.63. The van der Waals surface area contributed by atoms with Gasteiger partial charge in [0.1, 0.15) is 16.3 Å². The number of benzene rings is 2. The number of carbonyl (C=O) groups is 1. The monoisotopic (exact) mass is 433 g/mol. The lowest BCUT2D eigenvalue weighted by molar-refractivity contribution is 0.0970. The predicted octanol–water partition coefficient (Wildman–Crippen LogP) is 4.49. The number of fused-ring (bicyclic) bond motifs is 2. The van der Waals surface area contributed by atoms with Crippen molar-refractivity contribution < 1.29 is 13.9 Å². The van der Waals surface area contributed by atoms with E-state index in [1.165, 1.54) is 16.2 Å². The molecule has 1 aliphatic rings. The van der Waals surface area contributed by atoms with Crippen LogP contribution in [0.25, 0.3) is 11.0 Å². The molecule has 1 aliphatic heterocycles. The lowest BCUT2D eigenvalue weighted by Crippen LogP contribution is -2.29. The summed E-state index contributed by atoms with van der Waals surface area (Å²) in [5.74, 6) is 0.386. The van der Waals surface area contributed by atoms with Crippen molar-refractivity contribution in [1.29, 1.82) is 0 Å². The van der Waals surface area contributed by atoms with Crippen LogP contribution in [0, 0.1) is 6.92 Å². The van der Waals surface area contributed by atoms with Gasteiger partial charge in [0.2, 0.25) is 10.9 Å². The number of carbonyl (C=O) groups excluding carboxylic acids is 1. The fourth-order valence-electron chi connectivity index (χ4n) is 3.78. The van der Waals surface area contributed by atoms with Crippen molar-refractivity contribution in [3.63, 3.8) is 0 Å². The van der Waals surface area contributed by atoms with Gasteiger partial charge < -0.3 is 9.15 Å². The highest BCUT2D eigenvalue weighted by atomic mass is 32.1. The van der Waals surface area contributed by atoms with Crippen molar-refractivity contribution in [3.8, 4) is 5.75 Å². The minimum Gasteiger partial charge on any atom is -0.494 e. The molecule has 5 rings (SSSR count). The van der Waals surface area contributed by atoms with Crippen molar-refractivity contribution >= 4 is 33.3 Å². The maximum atomic E-state index is 13.4. The summed E-state index contributed by atoms with van der Waals surface area (Å²) in [5.41, 5.74) is 1.26. The zero-order valence-electron chi connectivity index (χ0n) is 17.0. The molecule has 0 saturated carbocycles. The van der Waals surface area contributed by atoms with E-state index in [2.05, 4.69) is 10.2 Å². The van der Waals surface area contributed by atoms with E-state index in [-0.39, 0.29) is 11.2 Å². The van der Waals surface area contributed by atoms with E-state index in [1.807, 2.05) is 38.1 Å². The maximum absolute atomic E-state index is 13.4. The Morgan fingerprint density at radius 3 is 2.58 bits per heavy atom. The van der Waals surface area contributed by atoms with E-state index in [9.17, 15) is 9.59 Å². The highest BCUT2D eigenvalue weighted by Crippen LogP contribution is 2.42. The maximum Gasteiger partial charge on any atom is 0.297 e. The zero-order chi connectivity index (χ0) is 21.5. The molecule has 0 N–H and O–H groups in total. The molecule has 2 aromatic heterocycles. The topological polar surface area (TPSA) is 85.5 Å². The Morgan fingerprint density at radius 2 is 1.87 bits per heavy atom. The van der Waals surface area contributed by atoms with E-state index in [0.29, 0.717) is 28.3 Å². The minimum absolute atomic E-state index is 0.0489. The van der Waals surface area contributed by atoms with Crippen LogP contribution in [0.4, 0.5) is 5.13 Å². The van der Waals surface area contributed by atoms with Crippen LogP contribution < -0.4 is 15.1 Å².